The maximum absolute atomic E-state index is 13.1. The minimum absolute atomic E-state index is 0.0952. The average Bonchev–Trinajstić information content (AvgIpc) is 2.98. The number of carbonyl (C=O) groups excluding carboxylic acids is 2. The second-order valence-corrected chi connectivity index (χ2v) is 8.50. The summed E-state index contributed by atoms with van der Waals surface area (Å²) < 4.78 is 44.7. The lowest BCUT2D eigenvalue weighted by Gasteiger charge is -2.42. The number of nitrogens with one attached hydrogen (secondary N) is 2. The molecule has 34 heavy (non-hydrogen) atoms. The van der Waals surface area contributed by atoms with Crippen molar-refractivity contribution >= 4 is 34.4 Å². The lowest BCUT2D eigenvalue weighted by molar-refractivity contribution is -0.137. The van der Waals surface area contributed by atoms with Crippen molar-refractivity contribution in [1.29, 1.82) is 0 Å². The molecule has 0 saturated carbocycles. The van der Waals surface area contributed by atoms with Gasteiger partial charge in [-0.05, 0) is 55.7 Å². The minimum Gasteiger partial charge on any atom is -0.493 e. The number of amides is 2. The maximum atomic E-state index is 13.1. The predicted molar refractivity (Wildman–Crippen MR) is 122 cm³/mol. The molecular formula is C24H24F3N3O4. The first-order chi connectivity index (χ1) is 16.0. The van der Waals surface area contributed by atoms with Crippen LogP contribution in [0.25, 0.3) is 5.57 Å². The van der Waals surface area contributed by atoms with Crippen molar-refractivity contribution < 1.29 is 32.6 Å². The summed E-state index contributed by atoms with van der Waals surface area (Å²) in [6.07, 6.45) is -2.11. The van der Waals surface area contributed by atoms with Gasteiger partial charge in [0.15, 0.2) is 0 Å². The Labute approximate surface area is 194 Å². The number of aliphatic hydroxyl groups is 1. The number of likely N-dealkylation sites (N-methyl/N-ethyl adjacent to an activating group) is 1. The van der Waals surface area contributed by atoms with Crippen LogP contribution in [0, 0.1) is 0 Å². The number of hydrogen-bond donors (Lipinski definition) is 3. The summed E-state index contributed by atoms with van der Waals surface area (Å²) in [5.41, 5.74) is 0.698. The molecule has 7 nitrogen and oxygen atoms in total. The van der Waals surface area contributed by atoms with E-state index in [1.807, 2.05) is 0 Å². The third kappa shape index (κ3) is 4.33. The summed E-state index contributed by atoms with van der Waals surface area (Å²) in [6.45, 7) is 1.51. The van der Waals surface area contributed by atoms with E-state index >= 15 is 0 Å². The van der Waals surface area contributed by atoms with Crippen LogP contribution in [0.2, 0.25) is 0 Å². The summed E-state index contributed by atoms with van der Waals surface area (Å²) in [4.78, 5) is 26.9. The van der Waals surface area contributed by atoms with E-state index in [-0.39, 0.29) is 24.9 Å². The van der Waals surface area contributed by atoms with E-state index in [1.54, 1.807) is 37.1 Å². The molecule has 0 spiro atoms. The van der Waals surface area contributed by atoms with Gasteiger partial charge in [0.1, 0.15) is 11.3 Å². The molecule has 10 heteroatoms. The van der Waals surface area contributed by atoms with Crippen molar-refractivity contribution in [1.82, 2.24) is 0 Å². The van der Waals surface area contributed by atoms with Crippen molar-refractivity contribution in [3.8, 4) is 5.75 Å². The molecule has 2 aromatic carbocycles. The maximum Gasteiger partial charge on any atom is 0.416 e. The quantitative estimate of drug-likeness (QED) is 0.583. The molecule has 3 N–H and O–H groups in total. The summed E-state index contributed by atoms with van der Waals surface area (Å²) in [5, 5.41) is 15.1. The van der Waals surface area contributed by atoms with E-state index in [0.29, 0.717) is 41.0 Å². The van der Waals surface area contributed by atoms with Crippen molar-refractivity contribution in [3.63, 3.8) is 0 Å². The number of rotatable bonds is 3. The molecule has 2 heterocycles. The van der Waals surface area contributed by atoms with Gasteiger partial charge in [-0.3, -0.25) is 9.59 Å². The van der Waals surface area contributed by atoms with Crippen LogP contribution in [0.3, 0.4) is 0 Å². The molecule has 0 radical (unpaired) electrons. The highest BCUT2D eigenvalue weighted by molar-refractivity contribution is 6.08. The molecule has 2 aromatic rings. The molecule has 2 amide bonds. The third-order valence-electron chi connectivity index (χ3n) is 6.22. The van der Waals surface area contributed by atoms with Gasteiger partial charge in [-0.25, -0.2) is 0 Å². The second kappa shape index (κ2) is 8.68. The van der Waals surface area contributed by atoms with Crippen LogP contribution < -0.4 is 20.3 Å². The monoisotopic (exact) mass is 475 g/mol. The van der Waals surface area contributed by atoms with Crippen LogP contribution in [0.5, 0.6) is 5.75 Å². The third-order valence-corrected chi connectivity index (χ3v) is 6.22. The number of nitrogens with zero attached hydrogens (tertiary/aromatic N) is 1. The van der Waals surface area contributed by atoms with Gasteiger partial charge in [-0.15, -0.1) is 0 Å². The Morgan fingerprint density at radius 2 is 2.06 bits per heavy atom. The number of ether oxygens (including phenoxy) is 1. The van der Waals surface area contributed by atoms with Crippen LogP contribution >= 0.6 is 0 Å². The molecule has 1 unspecified atom stereocenters. The molecule has 0 saturated heterocycles. The van der Waals surface area contributed by atoms with Crippen LogP contribution in [-0.4, -0.2) is 42.7 Å². The number of hydrogen-bond acceptors (Lipinski definition) is 5. The van der Waals surface area contributed by atoms with Gasteiger partial charge in [0, 0.05) is 24.4 Å². The van der Waals surface area contributed by atoms with E-state index in [1.165, 1.54) is 12.1 Å². The molecule has 2 aliphatic heterocycles. The fraction of sp³-hybridized carbons (Fsp3) is 0.333. The first-order valence-electron chi connectivity index (χ1n) is 10.7. The Balaban J connectivity index is 1.57. The average molecular weight is 475 g/mol. The largest absolute Gasteiger partial charge is 0.493 e. The molecule has 0 bridgehead atoms. The smallest absolute Gasteiger partial charge is 0.416 e. The molecule has 1 atom stereocenters. The zero-order chi connectivity index (χ0) is 24.7. The number of anilines is 3. The normalized spacial score (nSPS) is 21.2. The van der Waals surface area contributed by atoms with Gasteiger partial charge in [-0.2, -0.15) is 13.2 Å². The van der Waals surface area contributed by atoms with Crippen molar-refractivity contribution in [3.05, 3.63) is 53.6 Å². The molecule has 4 rings (SSSR count). The predicted octanol–water partition coefficient (Wildman–Crippen LogP) is 4.04. The fourth-order valence-corrected chi connectivity index (χ4v) is 4.01. The van der Waals surface area contributed by atoms with E-state index in [0.717, 1.165) is 12.1 Å². The van der Waals surface area contributed by atoms with Crippen LogP contribution in [-0.2, 0) is 15.8 Å². The Morgan fingerprint density at radius 1 is 1.29 bits per heavy atom. The lowest BCUT2D eigenvalue weighted by Crippen LogP contribution is -2.58. The Morgan fingerprint density at radius 3 is 2.76 bits per heavy atom. The standard InChI is InChI=1S/C24H24F3N3O4/c1-23(13-31)22(33)29-18-12-16(6-8-19(18)30(23)2)28-21(32)10-14-4-3-9-34-20-11-15(24(25,26)27)5-7-17(14)20/h5-8,10-12,31H,3-4,9,13H2,1-2H3,(H,28,32)(H,29,33)/b14-10+. The van der Waals surface area contributed by atoms with E-state index in [4.69, 9.17) is 4.74 Å². The zero-order valence-electron chi connectivity index (χ0n) is 18.6. The topological polar surface area (TPSA) is 90.9 Å². The SMILES string of the molecule is CN1c2ccc(NC(=O)/C=C3\CCCOc4cc(C(F)(F)F)ccc43)cc2NC(=O)C1(C)CO. The van der Waals surface area contributed by atoms with Crippen LogP contribution in [0.1, 0.15) is 30.9 Å². The highest BCUT2D eigenvalue weighted by Gasteiger charge is 2.41. The zero-order valence-corrected chi connectivity index (χ0v) is 18.6. The highest BCUT2D eigenvalue weighted by atomic mass is 19.4. The van der Waals surface area contributed by atoms with Crippen molar-refractivity contribution in [2.75, 3.05) is 35.8 Å². The summed E-state index contributed by atoms with van der Waals surface area (Å²) in [5.74, 6) is -0.736. The lowest BCUT2D eigenvalue weighted by atomic mass is 9.95. The van der Waals surface area contributed by atoms with E-state index in [2.05, 4.69) is 10.6 Å². The molecule has 0 aliphatic carbocycles. The Bertz CT molecular complexity index is 1180. The number of alkyl halides is 3. The number of halogens is 3. The molecule has 0 fully saturated rings. The van der Waals surface area contributed by atoms with E-state index in [9.17, 15) is 27.9 Å². The summed E-state index contributed by atoms with van der Waals surface area (Å²) in [7, 11) is 1.70. The van der Waals surface area contributed by atoms with Crippen LogP contribution in [0.15, 0.2) is 42.5 Å². The number of carbonyl (C=O) groups is 2. The number of benzene rings is 2. The summed E-state index contributed by atoms with van der Waals surface area (Å²) >= 11 is 0. The summed E-state index contributed by atoms with van der Waals surface area (Å²) in [6, 6.07) is 8.25. The molecule has 2 aliphatic rings. The van der Waals surface area contributed by atoms with Gasteiger partial charge in [-0.1, -0.05) is 6.07 Å². The van der Waals surface area contributed by atoms with Gasteiger partial charge in [0.05, 0.1) is 30.2 Å². The van der Waals surface area contributed by atoms with Gasteiger partial charge >= 0.3 is 6.18 Å². The molecular weight excluding hydrogens is 451 g/mol. The number of fused-ring (bicyclic) bond motifs is 2. The first-order valence-corrected chi connectivity index (χ1v) is 10.7. The Kier molecular flexibility index (Phi) is 6.03. The highest BCUT2D eigenvalue weighted by Crippen LogP contribution is 2.39. The van der Waals surface area contributed by atoms with E-state index < -0.39 is 23.2 Å². The van der Waals surface area contributed by atoms with Gasteiger partial charge in [0.25, 0.3) is 5.91 Å². The number of aliphatic hydroxyl groups excluding tert-OH is 1. The molecule has 180 valence electrons. The van der Waals surface area contributed by atoms with Gasteiger partial charge in [0.2, 0.25) is 5.91 Å². The number of allylic oxidation sites excluding steroid dienone is 1. The minimum atomic E-state index is -4.49. The molecule has 0 aromatic heterocycles. The Hall–Kier alpha value is -3.53. The van der Waals surface area contributed by atoms with Crippen LogP contribution in [0.4, 0.5) is 30.2 Å². The van der Waals surface area contributed by atoms with Gasteiger partial charge < -0.3 is 25.4 Å². The van der Waals surface area contributed by atoms with Crippen molar-refractivity contribution in [2.45, 2.75) is 31.5 Å². The first kappa shape index (κ1) is 23.6. The fourth-order valence-electron chi connectivity index (χ4n) is 4.01. The second-order valence-electron chi connectivity index (χ2n) is 8.50. The van der Waals surface area contributed by atoms with Crippen molar-refractivity contribution in [2.24, 2.45) is 0 Å².